The fourth-order valence-electron chi connectivity index (χ4n) is 4.02. The molecule has 0 unspecified atom stereocenters. The van der Waals surface area contributed by atoms with Gasteiger partial charge in [0.1, 0.15) is 0 Å². The van der Waals surface area contributed by atoms with Gasteiger partial charge in [0.15, 0.2) is 5.82 Å². The normalized spacial score (nSPS) is 35.5. The lowest BCUT2D eigenvalue weighted by Crippen LogP contribution is -2.48. The second-order valence-electron chi connectivity index (χ2n) is 6.61. The van der Waals surface area contributed by atoms with E-state index in [0.717, 1.165) is 38.2 Å². The Morgan fingerprint density at radius 3 is 2.85 bits per heavy atom. The van der Waals surface area contributed by atoms with E-state index in [9.17, 15) is 5.11 Å². The molecule has 2 fully saturated rings. The van der Waals surface area contributed by atoms with Crippen molar-refractivity contribution in [2.24, 2.45) is 13.0 Å². The monoisotopic (exact) mass is 279 g/mol. The summed E-state index contributed by atoms with van der Waals surface area (Å²) in [6.45, 7) is 3.90. The van der Waals surface area contributed by atoms with E-state index in [-0.39, 0.29) is 0 Å². The van der Waals surface area contributed by atoms with Crippen LogP contribution in [0.15, 0.2) is 0 Å². The average Bonchev–Trinajstić information content (AvgIpc) is 3.00. The van der Waals surface area contributed by atoms with Gasteiger partial charge in [-0.1, -0.05) is 12.8 Å². The summed E-state index contributed by atoms with van der Waals surface area (Å²) in [4.78, 5) is 2.47. The Balaban J connectivity index is 1.73. The summed E-state index contributed by atoms with van der Waals surface area (Å²) in [6.07, 6.45) is 6.88. The molecule has 0 radical (unpaired) electrons. The Hall–Kier alpha value is -1.01. The number of likely N-dealkylation sites (tertiary alicyclic amines) is 1. The molecule has 2 aliphatic rings. The minimum atomic E-state index is -0.510. The molecule has 6 heteroatoms. The van der Waals surface area contributed by atoms with Crippen LogP contribution in [0.1, 0.15) is 51.3 Å². The summed E-state index contributed by atoms with van der Waals surface area (Å²) < 4.78 is 1.74. The minimum Gasteiger partial charge on any atom is -0.390 e. The largest absolute Gasteiger partial charge is 0.390 e. The fraction of sp³-hybridized carbons (Fsp3) is 0.929. The van der Waals surface area contributed by atoms with Crippen LogP contribution in [0.2, 0.25) is 0 Å². The van der Waals surface area contributed by atoms with Crippen LogP contribution in [0.25, 0.3) is 0 Å². The molecule has 1 aromatic heterocycles. The summed E-state index contributed by atoms with van der Waals surface area (Å²) in [6, 6.07) is 0.474. The molecule has 2 heterocycles. The molecule has 1 aromatic rings. The second-order valence-corrected chi connectivity index (χ2v) is 6.61. The van der Waals surface area contributed by atoms with E-state index in [1.54, 1.807) is 4.68 Å². The number of tetrazole rings is 1. The molecular formula is C14H25N5O. The Bertz CT molecular complexity index is 458. The van der Waals surface area contributed by atoms with Gasteiger partial charge in [0, 0.05) is 19.0 Å². The summed E-state index contributed by atoms with van der Waals surface area (Å²) in [5.74, 6) is 1.30. The molecule has 1 aliphatic heterocycles. The highest BCUT2D eigenvalue weighted by Gasteiger charge is 2.43. The summed E-state index contributed by atoms with van der Waals surface area (Å²) >= 11 is 0. The quantitative estimate of drug-likeness (QED) is 0.898. The molecule has 1 aliphatic carbocycles. The molecule has 0 bridgehead atoms. The summed E-state index contributed by atoms with van der Waals surface area (Å²) in [5.41, 5.74) is -0.510. The van der Waals surface area contributed by atoms with Gasteiger partial charge in [-0.15, -0.1) is 5.10 Å². The minimum absolute atomic E-state index is 0.389. The Morgan fingerprint density at radius 2 is 2.15 bits per heavy atom. The van der Waals surface area contributed by atoms with Gasteiger partial charge in [-0.2, -0.15) is 0 Å². The summed E-state index contributed by atoms with van der Waals surface area (Å²) in [7, 11) is 1.89. The highest BCUT2D eigenvalue weighted by atomic mass is 16.3. The molecule has 1 saturated heterocycles. The van der Waals surface area contributed by atoms with E-state index in [2.05, 4.69) is 20.4 Å². The van der Waals surface area contributed by atoms with Crippen molar-refractivity contribution in [3.63, 3.8) is 0 Å². The zero-order valence-corrected chi connectivity index (χ0v) is 12.5. The average molecular weight is 279 g/mol. The van der Waals surface area contributed by atoms with Crippen molar-refractivity contribution in [3.05, 3.63) is 5.82 Å². The topological polar surface area (TPSA) is 67.1 Å². The van der Waals surface area contributed by atoms with Gasteiger partial charge < -0.3 is 5.11 Å². The lowest BCUT2D eigenvalue weighted by atomic mass is 9.72. The van der Waals surface area contributed by atoms with Gasteiger partial charge >= 0.3 is 0 Å². The Morgan fingerprint density at radius 1 is 1.30 bits per heavy atom. The third-order valence-corrected chi connectivity index (χ3v) is 5.18. The maximum Gasteiger partial charge on any atom is 0.164 e. The standard InChI is InChI=1S/C14H25N5O/c1-14(20)8-4-3-6-11(14)12-7-5-9-19(12)10-13-15-16-17-18(13)2/h11-12,20H,3-10H2,1-2H3/t11-,12+,14+/m0/s1. The van der Waals surface area contributed by atoms with Crippen molar-refractivity contribution in [1.82, 2.24) is 25.1 Å². The van der Waals surface area contributed by atoms with E-state index in [1.165, 1.54) is 19.3 Å². The molecule has 1 saturated carbocycles. The first-order chi connectivity index (χ1) is 9.58. The predicted octanol–water partition coefficient (Wildman–Crippen LogP) is 1.12. The predicted molar refractivity (Wildman–Crippen MR) is 74.8 cm³/mol. The number of nitrogens with zero attached hydrogens (tertiary/aromatic N) is 5. The van der Waals surface area contributed by atoms with Crippen LogP contribution >= 0.6 is 0 Å². The van der Waals surface area contributed by atoms with Gasteiger partial charge in [0.25, 0.3) is 0 Å². The molecule has 20 heavy (non-hydrogen) atoms. The molecule has 112 valence electrons. The molecule has 3 atom stereocenters. The first-order valence-corrected chi connectivity index (χ1v) is 7.75. The van der Waals surface area contributed by atoms with Crippen molar-refractivity contribution in [3.8, 4) is 0 Å². The van der Waals surface area contributed by atoms with Crippen LogP contribution in [0.5, 0.6) is 0 Å². The Labute approximate surface area is 120 Å². The highest BCUT2D eigenvalue weighted by Crippen LogP contribution is 2.40. The molecule has 1 N–H and O–H groups in total. The van der Waals surface area contributed by atoms with E-state index in [4.69, 9.17) is 0 Å². The van der Waals surface area contributed by atoms with Gasteiger partial charge in [-0.25, -0.2) is 4.68 Å². The lowest BCUT2D eigenvalue weighted by molar-refractivity contribution is -0.0632. The van der Waals surface area contributed by atoms with Crippen LogP contribution in [0.3, 0.4) is 0 Å². The third kappa shape index (κ3) is 2.59. The van der Waals surface area contributed by atoms with Crippen LogP contribution in [0.4, 0.5) is 0 Å². The van der Waals surface area contributed by atoms with E-state index in [0.29, 0.717) is 12.0 Å². The summed E-state index contributed by atoms with van der Waals surface area (Å²) in [5, 5.41) is 22.4. The number of hydrogen-bond donors (Lipinski definition) is 1. The number of aryl methyl sites for hydroxylation is 1. The van der Waals surface area contributed by atoms with Crippen molar-refractivity contribution >= 4 is 0 Å². The SMILES string of the molecule is Cn1nnnc1CN1CCC[C@@H]1[C@@H]1CCCC[C@@]1(C)O. The molecule has 6 nitrogen and oxygen atoms in total. The zero-order chi connectivity index (χ0) is 14.2. The van der Waals surface area contributed by atoms with Crippen LogP contribution in [-0.4, -0.2) is 48.4 Å². The van der Waals surface area contributed by atoms with E-state index >= 15 is 0 Å². The first kappa shape index (κ1) is 13.9. The number of aliphatic hydroxyl groups is 1. The third-order valence-electron chi connectivity index (χ3n) is 5.18. The van der Waals surface area contributed by atoms with Crippen LogP contribution < -0.4 is 0 Å². The second kappa shape index (κ2) is 5.41. The smallest absolute Gasteiger partial charge is 0.164 e. The zero-order valence-electron chi connectivity index (χ0n) is 12.5. The first-order valence-electron chi connectivity index (χ1n) is 7.75. The number of aromatic nitrogens is 4. The van der Waals surface area contributed by atoms with Crippen molar-refractivity contribution < 1.29 is 5.11 Å². The maximum atomic E-state index is 10.7. The maximum absolute atomic E-state index is 10.7. The molecule has 0 aromatic carbocycles. The van der Waals surface area contributed by atoms with Crippen LogP contribution in [-0.2, 0) is 13.6 Å². The molecule has 0 amide bonds. The van der Waals surface area contributed by atoms with E-state index in [1.807, 2.05) is 14.0 Å². The van der Waals surface area contributed by atoms with Crippen molar-refractivity contribution in [2.75, 3.05) is 6.54 Å². The fourth-order valence-corrected chi connectivity index (χ4v) is 4.02. The Kier molecular flexibility index (Phi) is 3.77. The molecular weight excluding hydrogens is 254 g/mol. The number of rotatable bonds is 3. The van der Waals surface area contributed by atoms with Crippen LogP contribution in [0, 0.1) is 5.92 Å². The number of hydrogen-bond acceptors (Lipinski definition) is 5. The lowest BCUT2D eigenvalue weighted by Gasteiger charge is -2.43. The molecule has 3 rings (SSSR count). The van der Waals surface area contributed by atoms with Crippen molar-refractivity contribution in [1.29, 1.82) is 0 Å². The van der Waals surface area contributed by atoms with Crippen molar-refractivity contribution in [2.45, 2.75) is 63.6 Å². The van der Waals surface area contributed by atoms with Gasteiger partial charge in [-0.3, -0.25) is 4.90 Å². The molecule has 0 spiro atoms. The van der Waals surface area contributed by atoms with Gasteiger partial charge in [-0.05, 0) is 49.6 Å². The highest BCUT2D eigenvalue weighted by molar-refractivity contribution is 4.97. The van der Waals surface area contributed by atoms with E-state index < -0.39 is 5.60 Å². The van der Waals surface area contributed by atoms with Gasteiger partial charge in [0.05, 0.1) is 12.1 Å². The van der Waals surface area contributed by atoms with Gasteiger partial charge in [0.2, 0.25) is 0 Å².